The standard InChI is InChI=1S/C54H82N14O15/c1-8-29(6)39-50(79)65-40(30(7)70)49(78)59-24-38(72)60-35(23-37(55)71)47(76)63-36(25-69)48(77)66-41(32-18-13-10-14-19-32)42(68-54(82)83-26-31-16-11-9-12-17-31)51(80)67-43(44(73)28(4)5)52(81)62-34(22-27(2)3)46(75)61-33(45(74)64-39)20-15-21-58-53(56)57/h9-14,16-19,27-30,33-36,39-44,69-70,73H,8,15,20-26H2,1-7H3,(H2,55,71)(H,59,78)(H,60,72)(H,61,75)(H,62,81)(H,63,76)(H,64,74)(H,65,79)(H,66,77)(H,67,80)(H,68,82)(H4,56,57,58)/t29-,30-,33+,34-,35?,36-,39-,40-,41+,42-,43-,44+/m0/s1. The van der Waals surface area contributed by atoms with Crippen molar-refractivity contribution in [2.45, 2.75) is 154 Å². The highest BCUT2D eigenvalue weighted by molar-refractivity contribution is 5.99. The lowest BCUT2D eigenvalue weighted by molar-refractivity contribution is -0.138. The number of amides is 11. The molecule has 1 heterocycles. The van der Waals surface area contributed by atoms with E-state index in [1.165, 1.54) is 38.1 Å². The zero-order valence-electron chi connectivity index (χ0n) is 47.6. The van der Waals surface area contributed by atoms with Crippen LogP contribution in [0, 0.1) is 23.2 Å². The fraction of sp³-hybridized carbons (Fsp3) is 0.556. The van der Waals surface area contributed by atoms with Crippen LogP contribution in [0.5, 0.6) is 0 Å². The Kier molecular flexibility index (Phi) is 28.3. The summed E-state index contributed by atoms with van der Waals surface area (Å²) in [6.07, 6.45) is -5.36. The average Bonchev–Trinajstić information content (AvgIpc) is 3.64. The van der Waals surface area contributed by atoms with Gasteiger partial charge in [-0.05, 0) is 55.1 Å². The SMILES string of the molecule is CC[C@H](C)[C@@H]1NC(=O)[C@@H](CCCNC(=N)N)NC(=O)[C@H](CC(C)C)NC(=O)[C@H]([C@H](O)C(C)C)NC(=O)[C@@H](NC(=O)OCc2ccccc2)[C@@H](c2ccccc2)NC(=O)[C@H](CO)NC(=O)C(CC(N)=O)NC(=O)CNC(=O)[C@H]([C@H](C)O)NC1=O. The second-order valence-electron chi connectivity index (χ2n) is 20.9. The smallest absolute Gasteiger partial charge is 0.408 e. The van der Waals surface area contributed by atoms with E-state index in [-0.39, 0.29) is 56.3 Å². The Morgan fingerprint density at radius 2 is 1.20 bits per heavy atom. The number of aliphatic hydroxyl groups excluding tert-OH is 3. The minimum atomic E-state index is -1.99. The molecule has 1 saturated heterocycles. The van der Waals surface area contributed by atoms with Crippen molar-refractivity contribution in [3.8, 4) is 0 Å². The lowest BCUT2D eigenvalue weighted by Gasteiger charge is -2.33. The third-order valence-corrected chi connectivity index (χ3v) is 13.3. The van der Waals surface area contributed by atoms with E-state index in [0.717, 1.165) is 6.92 Å². The molecule has 2 aromatic rings. The second-order valence-corrected chi connectivity index (χ2v) is 20.9. The van der Waals surface area contributed by atoms with E-state index < -0.39 is 163 Å². The molecule has 83 heavy (non-hydrogen) atoms. The Morgan fingerprint density at radius 1 is 0.663 bits per heavy atom. The molecular formula is C54H82N14O15. The first-order valence-corrected chi connectivity index (χ1v) is 27.2. The van der Waals surface area contributed by atoms with Crippen LogP contribution in [0.1, 0.15) is 97.7 Å². The van der Waals surface area contributed by atoms with E-state index in [2.05, 4.69) is 58.5 Å². The average molecular weight is 1170 g/mol. The maximum Gasteiger partial charge on any atom is 0.408 e. The number of nitrogens with two attached hydrogens (primary N) is 2. The fourth-order valence-electron chi connectivity index (χ4n) is 8.44. The Labute approximate surface area is 480 Å². The molecule has 12 atom stereocenters. The van der Waals surface area contributed by atoms with Gasteiger partial charge in [-0.2, -0.15) is 0 Å². The lowest BCUT2D eigenvalue weighted by atomic mass is 9.94. The van der Waals surface area contributed by atoms with Crippen LogP contribution >= 0.6 is 0 Å². The fourth-order valence-corrected chi connectivity index (χ4v) is 8.44. The molecule has 0 radical (unpaired) electrons. The van der Waals surface area contributed by atoms with E-state index in [1.807, 2.05) is 0 Å². The van der Waals surface area contributed by atoms with Crippen LogP contribution in [0.25, 0.3) is 0 Å². The molecule has 2 aromatic carbocycles. The van der Waals surface area contributed by atoms with E-state index in [0.29, 0.717) is 5.56 Å². The van der Waals surface area contributed by atoms with Gasteiger partial charge in [0.2, 0.25) is 59.1 Å². The Bertz CT molecular complexity index is 2560. The number of ether oxygens (including phenoxy) is 1. The zero-order chi connectivity index (χ0) is 62.1. The van der Waals surface area contributed by atoms with Gasteiger partial charge in [-0.1, -0.05) is 109 Å². The Morgan fingerprint density at radius 3 is 1.77 bits per heavy atom. The predicted octanol–water partition coefficient (Wildman–Crippen LogP) is -3.72. The number of carbonyl (C=O) groups is 11. The third-order valence-electron chi connectivity index (χ3n) is 13.3. The number of alkyl carbamates (subject to hydrolysis) is 1. The molecule has 0 saturated carbocycles. The molecule has 1 unspecified atom stereocenters. The van der Waals surface area contributed by atoms with Crippen molar-refractivity contribution in [2.24, 2.45) is 29.2 Å². The Hall–Kier alpha value is -8.44. The molecule has 29 nitrogen and oxygen atoms in total. The summed E-state index contributed by atoms with van der Waals surface area (Å²) in [4.78, 5) is 154. The molecule has 0 bridgehead atoms. The van der Waals surface area contributed by atoms with E-state index in [9.17, 15) is 63.3 Å². The van der Waals surface area contributed by atoms with Crippen molar-refractivity contribution in [1.82, 2.24) is 58.5 Å². The van der Waals surface area contributed by atoms with Gasteiger partial charge < -0.3 is 90.0 Å². The van der Waals surface area contributed by atoms with Crippen LogP contribution in [0.2, 0.25) is 0 Å². The van der Waals surface area contributed by atoms with Crippen LogP contribution in [0.15, 0.2) is 60.7 Å². The summed E-state index contributed by atoms with van der Waals surface area (Å²) in [5.41, 5.74) is 11.5. The van der Waals surface area contributed by atoms with Crippen LogP contribution in [0.3, 0.4) is 0 Å². The number of aliphatic hydroxyl groups is 3. The van der Waals surface area contributed by atoms with E-state index >= 15 is 4.79 Å². The van der Waals surface area contributed by atoms with Gasteiger partial charge in [0, 0.05) is 6.54 Å². The van der Waals surface area contributed by atoms with Gasteiger partial charge in [-0.15, -0.1) is 0 Å². The topological polar surface area (TPSA) is 466 Å². The molecule has 1 aliphatic heterocycles. The first-order chi connectivity index (χ1) is 39.2. The summed E-state index contributed by atoms with van der Waals surface area (Å²) in [7, 11) is 0. The van der Waals surface area contributed by atoms with E-state index in [4.69, 9.17) is 21.6 Å². The molecule has 0 aromatic heterocycles. The van der Waals surface area contributed by atoms with Gasteiger partial charge in [0.15, 0.2) is 5.96 Å². The summed E-state index contributed by atoms with van der Waals surface area (Å²) in [6.45, 7) is 8.56. The summed E-state index contributed by atoms with van der Waals surface area (Å²) >= 11 is 0. The number of benzene rings is 2. The van der Waals surface area contributed by atoms with Crippen molar-refractivity contribution in [1.29, 1.82) is 5.41 Å². The van der Waals surface area contributed by atoms with Crippen LogP contribution in [-0.4, -0.2) is 167 Å². The minimum Gasteiger partial charge on any atom is -0.445 e. The molecule has 19 N–H and O–H groups in total. The molecule has 1 fully saturated rings. The summed E-state index contributed by atoms with van der Waals surface area (Å²) < 4.78 is 5.47. The monoisotopic (exact) mass is 1170 g/mol. The molecule has 1 aliphatic rings. The summed E-state index contributed by atoms with van der Waals surface area (Å²) in [5.74, 6) is -13.2. The summed E-state index contributed by atoms with van der Waals surface area (Å²) in [5, 5.41) is 67.5. The first-order valence-electron chi connectivity index (χ1n) is 27.2. The van der Waals surface area contributed by atoms with Gasteiger partial charge in [-0.25, -0.2) is 4.79 Å². The molecule has 29 heteroatoms. The molecule has 458 valence electrons. The molecule has 3 rings (SSSR count). The molecule has 11 amide bonds. The number of rotatable bonds is 18. The maximum absolute atomic E-state index is 15.0. The van der Waals surface area contributed by atoms with Gasteiger partial charge in [-0.3, -0.25) is 53.4 Å². The van der Waals surface area contributed by atoms with Gasteiger partial charge >= 0.3 is 6.09 Å². The van der Waals surface area contributed by atoms with E-state index in [1.54, 1.807) is 64.1 Å². The number of nitrogens with one attached hydrogen (secondary N) is 12. The van der Waals surface area contributed by atoms with Crippen molar-refractivity contribution in [3.05, 3.63) is 71.8 Å². The number of hydrogen-bond acceptors (Lipinski definition) is 16. The maximum atomic E-state index is 15.0. The Balaban J connectivity index is 2.31. The number of primary amides is 1. The molecular weight excluding hydrogens is 1080 g/mol. The molecule has 0 spiro atoms. The van der Waals surface area contributed by atoms with Gasteiger partial charge in [0.1, 0.15) is 54.9 Å². The quantitative estimate of drug-likeness (QED) is 0.0388. The normalized spacial score (nSPS) is 24.4. The highest BCUT2D eigenvalue weighted by atomic mass is 16.5. The largest absolute Gasteiger partial charge is 0.445 e. The highest BCUT2D eigenvalue weighted by Gasteiger charge is 2.41. The second kappa shape index (κ2) is 34.1. The van der Waals surface area contributed by atoms with Crippen molar-refractivity contribution >= 4 is 71.1 Å². The number of hydrogen-bond donors (Lipinski definition) is 17. The van der Waals surface area contributed by atoms with Gasteiger partial charge in [0.25, 0.3) is 0 Å². The summed E-state index contributed by atoms with van der Waals surface area (Å²) in [6, 6.07) is 0.266. The predicted molar refractivity (Wildman–Crippen MR) is 299 cm³/mol. The number of guanidine groups is 1. The van der Waals surface area contributed by atoms with Crippen molar-refractivity contribution in [2.75, 3.05) is 19.7 Å². The first kappa shape index (κ1) is 68.8. The minimum absolute atomic E-state index is 0.0461. The number of carbonyl (C=O) groups excluding carboxylic acids is 11. The molecule has 0 aliphatic carbocycles. The van der Waals surface area contributed by atoms with Crippen LogP contribution < -0.4 is 70.0 Å². The van der Waals surface area contributed by atoms with Crippen LogP contribution in [0.4, 0.5) is 4.79 Å². The highest BCUT2D eigenvalue weighted by Crippen LogP contribution is 2.20. The zero-order valence-corrected chi connectivity index (χ0v) is 47.6. The van der Waals surface area contributed by atoms with Crippen molar-refractivity contribution in [3.63, 3.8) is 0 Å². The third kappa shape index (κ3) is 22.8. The van der Waals surface area contributed by atoms with Crippen LogP contribution in [-0.2, 0) is 59.3 Å². The van der Waals surface area contributed by atoms with Crippen molar-refractivity contribution < 1.29 is 72.8 Å². The lowest BCUT2D eigenvalue weighted by Crippen LogP contribution is -2.64. The van der Waals surface area contributed by atoms with Gasteiger partial charge in [0.05, 0.1) is 37.8 Å².